The molecule has 1 aromatic heterocycles. The molecule has 17 heavy (non-hydrogen) atoms. The number of hydrogen-bond donors (Lipinski definition) is 1. The highest BCUT2D eigenvalue weighted by Gasteiger charge is 2.30. The minimum Gasteiger partial charge on any atom is -0.468 e. The van der Waals surface area contributed by atoms with Crippen molar-refractivity contribution in [3.63, 3.8) is 0 Å². The Morgan fingerprint density at radius 3 is 2.88 bits per heavy atom. The molecule has 2 nitrogen and oxygen atoms in total. The van der Waals surface area contributed by atoms with E-state index in [9.17, 15) is 0 Å². The first-order valence-corrected chi connectivity index (χ1v) is 6.92. The molecular weight excluding hydrogens is 210 g/mol. The molecule has 2 heteroatoms. The minimum absolute atomic E-state index is 0.656. The molecule has 0 aromatic carbocycles. The zero-order valence-electron chi connectivity index (χ0n) is 11.3. The van der Waals surface area contributed by atoms with Crippen LogP contribution in [0.5, 0.6) is 0 Å². The van der Waals surface area contributed by atoms with Crippen molar-refractivity contribution >= 4 is 0 Å². The van der Waals surface area contributed by atoms with E-state index in [-0.39, 0.29) is 0 Å². The highest BCUT2D eigenvalue weighted by atomic mass is 16.3. The predicted octanol–water partition coefficient (Wildman–Crippen LogP) is 3.83. The second-order valence-corrected chi connectivity index (χ2v) is 5.89. The van der Waals surface area contributed by atoms with Crippen molar-refractivity contribution in [2.24, 2.45) is 17.8 Å². The quantitative estimate of drug-likeness (QED) is 0.858. The molecule has 0 bridgehead atoms. The molecule has 1 saturated carbocycles. The minimum atomic E-state index is 0.656. The average molecular weight is 235 g/mol. The van der Waals surface area contributed by atoms with Gasteiger partial charge in [-0.1, -0.05) is 27.2 Å². The first kappa shape index (κ1) is 12.7. The maximum atomic E-state index is 5.38. The highest BCUT2D eigenvalue weighted by Crippen LogP contribution is 2.33. The van der Waals surface area contributed by atoms with Crippen molar-refractivity contribution in [1.29, 1.82) is 0 Å². The number of furan rings is 1. The summed E-state index contributed by atoms with van der Waals surface area (Å²) in [6, 6.07) is 4.66. The van der Waals surface area contributed by atoms with Gasteiger partial charge in [-0.2, -0.15) is 0 Å². The lowest BCUT2D eigenvalue weighted by Gasteiger charge is -2.37. The van der Waals surface area contributed by atoms with Gasteiger partial charge in [0.05, 0.1) is 12.8 Å². The number of rotatable bonds is 4. The summed E-state index contributed by atoms with van der Waals surface area (Å²) in [5.74, 6) is 3.50. The van der Waals surface area contributed by atoms with E-state index in [0.29, 0.717) is 6.04 Å². The van der Waals surface area contributed by atoms with Gasteiger partial charge in [-0.25, -0.2) is 0 Å². The molecule has 1 fully saturated rings. The van der Waals surface area contributed by atoms with Gasteiger partial charge in [-0.3, -0.25) is 0 Å². The summed E-state index contributed by atoms with van der Waals surface area (Å²) < 4.78 is 5.38. The zero-order chi connectivity index (χ0) is 12.3. The normalized spacial score (nSPS) is 29.8. The van der Waals surface area contributed by atoms with Gasteiger partial charge in [0.25, 0.3) is 0 Å². The van der Waals surface area contributed by atoms with Crippen molar-refractivity contribution in [2.75, 3.05) is 0 Å². The Labute approximate surface area is 105 Å². The molecule has 1 aromatic rings. The van der Waals surface area contributed by atoms with Crippen molar-refractivity contribution in [3.8, 4) is 0 Å². The third-order valence-corrected chi connectivity index (χ3v) is 4.14. The highest BCUT2D eigenvalue weighted by molar-refractivity contribution is 4.98. The Hall–Kier alpha value is -0.760. The van der Waals surface area contributed by atoms with Gasteiger partial charge in [-0.15, -0.1) is 0 Å². The van der Waals surface area contributed by atoms with E-state index in [2.05, 4.69) is 26.1 Å². The molecule has 1 aliphatic rings. The van der Waals surface area contributed by atoms with Crippen LogP contribution in [-0.4, -0.2) is 6.04 Å². The van der Waals surface area contributed by atoms with Gasteiger partial charge in [-0.05, 0) is 42.7 Å². The molecule has 1 N–H and O–H groups in total. The lowest BCUT2D eigenvalue weighted by molar-refractivity contribution is 0.167. The molecule has 2 rings (SSSR count). The van der Waals surface area contributed by atoms with E-state index in [4.69, 9.17) is 4.42 Å². The van der Waals surface area contributed by atoms with Crippen LogP contribution in [0.1, 0.15) is 45.8 Å². The van der Waals surface area contributed by atoms with E-state index in [1.165, 1.54) is 19.3 Å². The molecule has 0 spiro atoms. The van der Waals surface area contributed by atoms with E-state index in [1.54, 1.807) is 6.26 Å². The molecule has 0 amide bonds. The van der Waals surface area contributed by atoms with E-state index >= 15 is 0 Å². The molecule has 0 radical (unpaired) electrons. The van der Waals surface area contributed by atoms with Crippen LogP contribution in [0, 0.1) is 17.8 Å². The summed E-state index contributed by atoms with van der Waals surface area (Å²) in [5, 5.41) is 3.69. The molecule has 0 aliphatic heterocycles. The van der Waals surface area contributed by atoms with E-state index in [1.807, 2.05) is 12.1 Å². The molecule has 96 valence electrons. The number of nitrogens with one attached hydrogen (secondary N) is 1. The smallest absolute Gasteiger partial charge is 0.117 e. The Balaban J connectivity index is 1.90. The Bertz CT molecular complexity index is 318. The van der Waals surface area contributed by atoms with Crippen molar-refractivity contribution in [1.82, 2.24) is 5.32 Å². The second-order valence-electron chi connectivity index (χ2n) is 5.89. The second kappa shape index (κ2) is 5.72. The topological polar surface area (TPSA) is 25.2 Å². The third-order valence-electron chi connectivity index (χ3n) is 4.14. The maximum absolute atomic E-state index is 5.38. The molecule has 0 saturated heterocycles. The lowest BCUT2D eigenvalue weighted by Crippen LogP contribution is -2.42. The summed E-state index contributed by atoms with van der Waals surface area (Å²) in [5.41, 5.74) is 0. The summed E-state index contributed by atoms with van der Waals surface area (Å²) in [6.07, 6.45) is 5.82. The van der Waals surface area contributed by atoms with Gasteiger partial charge in [0, 0.05) is 6.04 Å². The maximum Gasteiger partial charge on any atom is 0.117 e. The standard InChI is InChI=1S/C15H25NO/c1-11(2)14-7-6-12(3)9-15(14)16-10-13-5-4-8-17-13/h4-5,8,11-12,14-16H,6-7,9-10H2,1-3H3. The molecule has 1 heterocycles. The van der Waals surface area contributed by atoms with Crippen LogP contribution in [0.25, 0.3) is 0 Å². The van der Waals surface area contributed by atoms with Crippen LogP contribution in [0.4, 0.5) is 0 Å². The fraction of sp³-hybridized carbons (Fsp3) is 0.733. The van der Waals surface area contributed by atoms with Gasteiger partial charge < -0.3 is 9.73 Å². The number of hydrogen-bond acceptors (Lipinski definition) is 2. The zero-order valence-corrected chi connectivity index (χ0v) is 11.3. The van der Waals surface area contributed by atoms with E-state index in [0.717, 1.165) is 30.1 Å². The first-order valence-electron chi connectivity index (χ1n) is 6.92. The van der Waals surface area contributed by atoms with Crippen LogP contribution < -0.4 is 5.32 Å². The SMILES string of the molecule is CC1CCC(C(C)C)C(NCc2ccco2)C1. The Morgan fingerprint density at radius 2 is 2.24 bits per heavy atom. The van der Waals surface area contributed by atoms with Crippen LogP contribution >= 0.6 is 0 Å². The third kappa shape index (κ3) is 3.35. The molecule has 3 atom stereocenters. The van der Waals surface area contributed by atoms with Crippen molar-refractivity contribution < 1.29 is 4.42 Å². The monoisotopic (exact) mass is 235 g/mol. The fourth-order valence-corrected chi connectivity index (χ4v) is 3.08. The molecule has 1 aliphatic carbocycles. The van der Waals surface area contributed by atoms with Crippen LogP contribution in [0.15, 0.2) is 22.8 Å². The summed E-state index contributed by atoms with van der Waals surface area (Å²) in [7, 11) is 0. The van der Waals surface area contributed by atoms with Crippen LogP contribution in [0.3, 0.4) is 0 Å². The predicted molar refractivity (Wildman–Crippen MR) is 70.7 cm³/mol. The first-order chi connectivity index (χ1) is 8.16. The molecule has 3 unspecified atom stereocenters. The van der Waals surface area contributed by atoms with E-state index < -0.39 is 0 Å². The average Bonchev–Trinajstić information content (AvgIpc) is 2.78. The van der Waals surface area contributed by atoms with Crippen LogP contribution in [-0.2, 0) is 6.54 Å². The largest absolute Gasteiger partial charge is 0.468 e. The van der Waals surface area contributed by atoms with Gasteiger partial charge in [0.15, 0.2) is 0 Å². The molecular formula is C15H25NO. The van der Waals surface area contributed by atoms with Crippen molar-refractivity contribution in [2.45, 2.75) is 52.6 Å². The Morgan fingerprint density at radius 1 is 1.41 bits per heavy atom. The lowest BCUT2D eigenvalue weighted by atomic mass is 9.74. The summed E-state index contributed by atoms with van der Waals surface area (Å²) in [6.45, 7) is 7.94. The van der Waals surface area contributed by atoms with Crippen molar-refractivity contribution in [3.05, 3.63) is 24.2 Å². The fourth-order valence-electron chi connectivity index (χ4n) is 3.08. The van der Waals surface area contributed by atoms with Gasteiger partial charge in [0.2, 0.25) is 0 Å². The summed E-state index contributed by atoms with van der Waals surface area (Å²) in [4.78, 5) is 0. The summed E-state index contributed by atoms with van der Waals surface area (Å²) >= 11 is 0. The Kier molecular flexibility index (Phi) is 4.27. The van der Waals surface area contributed by atoms with Gasteiger partial charge >= 0.3 is 0 Å². The van der Waals surface area contributed by atoms with Gasteiger partial charge in [0.1, 0.15) is 5.76 Å². The van der Waals surface area contributed by atoms with Crippen LogP contribution in [0.2, 0.25) is 0 Å².